The normalized spacial score (nSPS) is 11.3. The number of anilines is 1. The Kier molecular flexibility index (Phi) is 5.92. The van der Waals surface area contributed by atoms with Gasteiger partial charge >= 0.3 is 0 Å². The minimum absolute atomic E-state index is 0.206. The number of rotatable bonds is 7. The van der Waals surface area contributed by atoms with E-state index in [1.807, 2.05) is 41.9 Å². The minimum atomic E-state index is -0.462. The lowest BCUT2D eigenvalue weighted by molar-refractivity contribution is 0.259. The van der Waals surface area contributed by atoms with Gasteiger partial charge in [-0.1, -0.05) is 0 Å². The number of ether oxygens (including phenoxy) is 1. The van der Waals surface area contributed by atoms with Gasteiger partial charge in [-0.05, 0) is 72.0 Å². The van der Waals surface area contributed by atoms with Gasteiger partial charge in [-0.2, -0.15) is 16.0 Å². The third kappa shape index (κ3) is 4.25. The number of hydrogen-bond acceptors (Lipinski definition) is 8. The van der Waals surface area contributed by atoms with Crippen molar-refractivity contribution in [2.45, 2.75) is 6.92 Å². The first-order chi connectivity index (χ1) is 15.0. The van der Waals surface area contributed by atoms with Crippen molar-refractivity contribution in [2.75, 3.05) is 33.0 Å². The number of pyridine rings is 1. The van der Waals surface area contributed by atoms with Crippen molar-refractivity contribution in [2.24, 2.45) is 0 Å². The fourth-order valence-electron chi connectivity index (χ4n) is 3.07. The summed E-state index contributed by atoms with van der Waals surface area (Å²) in [5.41, 5.74) is 9.12. The summed E-state index contributed by atoms with van der Waals surface area (Å²) >= 11 is 1.59. The van der Waals surface area contributed by atoms with Crippen LogP contribution >= 0.6 is 11.3 Å². The highest BCUT2D eigenvalue weighted by atomic mass is 32.1. The van der Waals surface area contributed by atoms with E-state index < -0.39 is 5.82 Å². The van der Waals surface area contributed by atoms with Crippen molar-refractivity contribution in [1.29, 1.82) is 0 Å². The molecule has 0 saturated heterocycles. The molecule has 0 saturated carbocycles. The Morgan fingerprint density at radius 3 is 2.81 bits per heavy atom. The zero-order valence-electron chi connectivity index (χ0n) is 17.4. The van der Waals surface area contributed by atoms with Gasteiger partial charge in [0.15, 0.2) is 11.6 Å². The van der Waals surface area contributed by atoms with E-state index in [0.29, 0.717) is 29.3 Å². The van der Waals surface area contributed by atoms with Gasteiger partial charge in [0, 0.05) is 23.9 Å². The lowest BCUT2D eigenvalue weighted by Crippen LogP contribution is -2.19. The van der Waals surface area contributed by atoms with E-state index in [1.54, 1.807) is 36.6 Å². The number of likely N-dealkylation sites (N-methyl/N-ethyl adjacent to an activating group) is 1. The zero-order chi connectivity index (χ0) is 22.0. The van der Waals surface area contributed by atoms with Crippen LogP contribution < -0.4 is 10.5 Å². The predicted molar refractivity (Wildman–Crippen MR) is 119 cm³/mol. The van der Waals surface area contributed by atoms with Gasteiger partial charge in [0.25, 0.3) is 0 Å². The Labute approximate surface area is 183 Å². The minimum Gasteiger partial charge on any atom is -0.492 e. The second kappa shape index (κ2) is 8.78. The number of halogens is 1. The maximum Gasteiger partial charge on any atom is 0.190 e. The molecular weight excluding hydrogens is 417 g/mol. The molecule has 1 aromatic carbocycles. The van der Waals surface area contributed by atoms with E-state index in [1.165, 1.54) is 4.68 Å². The summed E-state index contributed by atoms with van der Waals surface area (Å²) in [5, 5.41) is 15.8. The third-order valence-electron chi connectivity index (χ3n) is 4.82. The van der Waals surface area contributed by atoms with Gasteiger partial charge in [0.2, 0.25) is 0 Å². The molecular formula is C21H22FN7OS. The Balaban J connectivity index is 1.71. The summed E-state index contributed by atoms with van der Waals surface area (Å²) in [5.74, 6) is 0.590. The van der Waals surface area contributed by atoms with E-state index in [9.17, 15) is 0 Å². The Hall–Kier alpha value is -3.37. The van der Waals surface area contributed by atoms with Gasteiger partial charge in [-0.25, -0.2) is 9.37 Å². The first kappa shape index (κ1) is 20.9. The van der Waals surface area contributed by atoms with Crippen molar-refractivity contribution in [3.05, 3.63) is 52.6 Å². The van der Waals surface area contributed by atoms with Gasteiger partial charge in [0.1, 0.15) is 23.9 Å². The average Bonchev–Trinajstić information content (AvgIpc) is 3.44. The molecule has 0 bridgehead atoms. The summed E-state index contributed by atoms with van der Waals surface area (Å²) in [6, 6.07) is 7.16. The number of hydrogen-bond donors (Lipinski definition) is 1. The van der Waals surface area contributed by atoms with E-state index in [0.717, 1.165) is 17.7 Å². The van der Waals surface area contributed by atoms with Crippen LogP contribution in [-0.2, 0) is 0 Å². The number of nitrogens with two attached hydrogens (primary N) is 1. The van der Waals surface area contributed by atoms with Gasteiger partial charge in [-0.15, -0.1) is 5.10 Å². The summed E-state index contributed by atoms with van der Waals surface area (Å²) in [6.07, 6.45) is 1.69. The second-order valence-electron chi connectivity index (χ2n) is 7.26. The number of thiophene rings is 1. The molecule has 0 aliphatic heterocycles. The Morgan fingerprint density at radius 1 is 1.23 bits per heavy atom. The molecule has 2 N–H and O–H groups in total. The molecule has 0 unspecified atom stereocenters. The van der Waals surface area contributed by atoms with Gasteiger partial charge in [-0.3, -0.25) is 0 Å². The molecule has 10 heteroatoms. The van der Waals surface area contributed by atoms with E-state index in [4.69, 9.17) is 10.5 Å². The molecule has 4 aromatic rings. The van der Waals surface area contributed by atoms with Crippen molar-refractivity contribution in [1.82, 2.24) is 30.1 Å². The van der Waals surface area contributed by atoms with Gasteiger partial charge in [0.05, 0.1) is 5.56 Å². The molecule has 0 spiro atoms. The standard InChI is InChI=1S/C21H22FN7OS/c1-13-18(30-8-7-28(2)3)5-4-17(19(13)22)29-21(25-26-27-29)16-10-15(11-24-20(16)23)14-6-9-31-12-14/h4-6,9-12H,7-8H2,1-3H3,(H2,23,24). The highest BCUT2D eigenvalue weighted by Crippen LogP contribution is 2.32. The van der Waals surface area contributed by atoms with Gasteiger partial charge < -0.3 is 15.4 Å². The molecule has 0 radical (unpaired) electrons. The quantitative estimate of drug-likeness (QED) is 0.471. The number of nitrogen functional groups attached to an aromatic ring is 1. The number of nitrogens with zero attached hydrogens (tertiary/aromatic N) is 6. The molecule has 31 heavy (non-hydrogen) atoms. The van der Waals surface area contributed by atoms with Crippen molar-refractivity contribution in [3.8, 4) is 34.0 Å². The van der Waals surface area contributed by atoms with E-state index in [-0.39, 0.29) is 11.5 Å². The van der Waals surface area contributed by atoms with Crippen LogP contribution in [0.3, 0.4) is 0 Å². The molecule has 8 nitrogen and oxygen atoms in total. The van der Waals surface area contributed by atoms with Crippen LogP contribution in [0.5, 0.6) is 5.75 Å². The van der Waals surface area contributed by atoms with Crippen LogP contribution in [0.15, 0.2) is 41.2 Å². The second-order valence-corrected chi connectivity index (χ2v) is 8.04. The Bertz CT molecular complexity index is 1190. The van der Waals surface area contributed by atoms with E-state index >= 15 is 4.39 Å². The maximum absolute atomic E-state index is 15.3. The third-order valence-corrected chi connectivity index (χ3v) is 5.51. The monoisotopic (exact) mass is 439 g/mol. The fraction of sp³-hybridized carbons (Fsp3) is 0.238. The lowest BCUT2D eigenvalue weighted by atomic mass is 10.1. The van der Waals surface area contributed by atoms with Crippen LogP contribution in [0.2, 0.25) is 0 Å². The van der Waals surface area contributed by atoms with Crippen molar-refractivity contribution in [3.63, 3.8) is 0 Å². The molecule has 3 heterocycles. The van der Waals surface area contributed by atoms with Crippen LogP contribution in [0.1, 0.15) is 5.56 Å². The zero-order valence-corrected chi connectivity index (χ0v) is 18.2. The van der Waals surface area contributed by atoms with Crippen LogP contribution in [0, 0.1) is 12.7 Å². The molecule has 4 rings (SSSR count). The molecule has 3 aromatic heterocycles. The molecule has 0 aliphatic carbocycles. The van der Waals surface area contributed by atoms with Crippen molar-refractivity contribution < 1.29 is 9.13 Å². The van der Waals surface area contributed by atoms with Crippen LogP contribution in [0.4, 0.5) is 10.2 Å². The molecule has 0 atom stereocenters. The number of tetrazole rings is 1. The maximum atomic E-state index is 15.3. The highest BCUT2D eigenvalue weighted by molar-refractivity contribution is 7.08. The van der Waals surface area contributed by atoms with E-state index in [2.05, 4.69) is 20.5 Å². The summed E-state index contributed by atoms with van der Waals surface area (Å²) in [4.78, 5) is 6.28. The SMILES string of the molecule is Cc1c(OCCN(C)C)ccc(-n2nnnc2-c2cc(-c3ccsc3)cnc2N)c1F. The fourth-order valence-corrected chi connectivity index (χ4v) is 3.73. The molecule has 0 aliphatic rings. The smallest absolute Gasteiger partial charge is 0.190 e. The Morgan fingerprint density at radius 2 is 2.06 bits per heavy atom. The van der Waals surface area contributed by atoms with Crippen LogP contribution in [0.25, 0.3) is 28.2 Å². The van der Waals surface area contributed by atoms with Crippen LogP contribution in [-0.4, -0.2) is 57.3 Å². The topological polar surface area (TPSA) is 95.0 Å². The lowest BCUT2D eigenvalue weighted by Gasteiger charge is -2.15. The first-order valence-electron chi connectivity index (χ1n) is 9.59. The summed E-state index contributed by atoms with van der Waals surface area (Å²) < 4.78 is 22.3. The largest absolute Gasteiger partial charge is 0.492 e. The summed E-state index contributed by atoms with van der Waals surface area (Å²) in [7, 11) is 3.90. The average molecular weight is 440 g/mol. The van der Waals surface area contributed by atoms with Crippen molar-refractivity contribution >= 4 is 17.2 Å². The summed E-state index contributed by atoms with van der Waals surface area (Å²) in [6.45, 7) is 2.86. The predicted octanol–water partition coefficient (Wildman–Crippen LogP) is 3.42. The molecule has 0 amide bonds. The molecule has 160 valence electrons. The number of aromatic nitrogens is 5. The first-order valence-corrected chi connectivity index (χ1v) is 10.5. The highest BCUT2D eigenvalue weighted by Gasteiger charge is 2.20. The number of benzene rings is 1. The molecule has 0 fully saturated rings.